The second-order valence-electron chi connectivity index (χ2n) is 10.0. The summed E-state index contributed by atoms with van der Waals surface area (Å²) in [6.45, 7) is 10.9. The molecule has 0 unspecified atom stereocenters. The van der Waals surface area contributed by atoms with Gasteiger partial charge < -0.3 is 14.4 Å². The standard InChI is InChI=1S/C30H34N2O4/c1-6-23-19-31(28(33)35-20-22-12-8-7-9-13-22)17-16-25(23)21(2)27-18-24-14-10-11-15-26(24)32(27)29(34)36-30(3,4)5/h6-15,18H,16-17,19-20H2,1-5H3/b23-6-,25-21-. The summed E-state index contributed by atoms with van der Waals surface area (Å²) in [4.78, 5) is 27.8. The van der Waals surface area contributed by atoms with Gasteiger partial charge in [-0.3, -0.25) is 0 Å². The number of piperidine rings is 1. The van der Waals surface area contributed by atoms with E-state index in [0.29, 0.717) is 19.5 Å². The molecule has 1 aliphatic rings. The molecule has 6 heteroatoms. The summed E-state index contributed by atoms with van der Waals surface area (Å²) in [5.41, 5.74) is 5.16. The molecule has 0 N–H and O–H groups in total. The van der Waals surface area contributed by atoms with Crippen molar-refractivity contribution in [3.63, 3.8) is 0 Å². The SMILES string of the molecule is C/C=C1/CN(C(=O)OCc2ccccc2)CC/C1=C(\C)c1cc2ccccc2n1C(=O)OC(C)(C)C. The number of fused-ring (bicyclic) bond motifs is 1. The molecule has 188 valence electrons. The number of aromatic nitrogens is 1. The molecule has 1 amide bonds. The fraction of sp³-hybridized carbons (Fsp3) is 0.333. The lowest BCUT2D eigenvalue weighted by atomic mass is 9.92. The number of amides is 1. The first-order valence-electron chi connectivity index (χ1n) is 12.3. The molecule has 6 nitrogen and oxygen atoms in total. The van der Waals surface area contributed by atoms with Crippen molar-refractivity contribution >= 4 is 28.7 Å². The Morgan fingerprint density at radius 1 is 1.00 bits per heavy atom. The molecule has 36 heavy (non-hydrogen) atoms. The van der Waals surface area contributed by atoms with E-state index in [1.165, 1.54) is 0 Å². The minimum absolute atomic E-state index is 0.249. The zero-order valence-electron chi connectivity index (χ0n) is 21.7. The quantitative estimate of drug-likeness (QED) is 0.393. The van der Waals surface area contributed by atoms with Gasteiger partial charge in [-0.2, -0.15) is 0 Å². The van der Waals surface area contributed by atoms with Gasteiger partial charge >= 0.3 is 12.2 Å². The Labute approximate surface area is 212 Å². The van der Waals surface area contributed by atoms with Crippen LogP contribution in [0.4, 0.5) is 9.59 Å². The first-order chi connectivity index (χ1) is 17.2. The number of rotatable bonds is 3. The van der Waals surface area contributed by atoms with Crippen molar-refractivity contribution in [1.82, 2.24) is 9.47 Å². The molecule has 0 saturated carbocycles. The number of ether oxygens (including phenoxy) is 2. The number of benzene rings is 2. The highest BCUT2D eigenvalue weighted by molar-refractivity contribution is 5.95. The van der Waals surface area contributed by atoms with Crippen LogP contribution >= 0.6 is 0 Å². The van der Waals surface area contributed by atoms with E-state index >= 15 is 0 Å². The van der Waals surface area contributed by atoms with E-state index in [0.717, 1.165) is 38.9 Å². The Morgan fingerprint density at radius 2 is 1.69 bits per heavy atom. The van der Waals surface area contributed by atoms with Crippen LogP contribution in [0.1, 0.15) is 52.3 Å². The van der Waals surface area contributed by atoms with Crippen molar-refractivity contribution < 1.29 is 19.1 Å². The average Bonchev–Trinajstić information content (AvgIpc) is 3.26. The van der Waals surface area contributed by atoms with Crippen molar-refractivity contribution in [2.45, 2.75) is 53.2 Å². The van der Waals surface area contributed by atoms with Crippen molar-refractivity contribution in [3.8, 4) is 0 Å². The number of para-hydroxylation sites is 1. The minimum atomic E-state index is -0.610. The van der Waals surface area contributed by atoms with Gasteiger partial charge in [-0.15, -0.1) is 0 Å². The Morgan fingerprint density at radius 3 is 2.39 bits per heavy atom. The second-order valence-corrected chi connectivity index (χ2v) is 10.0. The summed E-state index contributed by atoms with van der Waals surface area (Å²) < 4.78 is 13.0. The number of carbonyl (C=O) groups excluding carboxylic acids is 2. The van der Waals surface area contributed by atoms with Gasteiger partial charge in [-0.05, 0) is 75.5 Å². The van der Waals surface area contributed by atoms with Gasteiger partial charge in [-0.1, -0.05) is 54.6 Å². The molecule has 0 bridgehead atoms. The maximum absolute atomic E-state index is 13.3. The van der Waals surface area contributed by atoms with Crippen LogP contribution < -0.4 is 0 Å². The van der Waals surface area contributed by atoms with Gasteiger partial charge in [-0.25, -0.2) is 14.2 Å². The summed E-state index contributed by atoms with van der Waals surface area (Å²) in [5.74, 6) is 0. The first kappa shape index (κ1) is 25.3. The Kier molecular flexibility index (Phi) is 7.34. The van der Waals surface area contributed by atoms with Crippen molar-refractivity contribution in [3.05, 3.63) is 89.1 Å². The number of nitrogens with zero attached hydrogens (tertiary/aromatic N) is 2. The largest absolute Gasteiger partial charge is 0.445 e. The Balaban J connectivity index is 1.61. The van der Waals surface area contributed by atoms with Crippen LogP contribution in [0.2, 0.25) is 0 Å². The van der Waals surface area contributed by atoms with E-state index in [-0.39, 0.29) is 12.7 Å². The lowest BCUT2D eigenvalue weighted by Crippen LogP contribution is -2.38. The number of carbonyl (C=O) groups is 2. The lowest BCUT2D eigenvalue weighted by Gasteiger charge is -2.31. The molecule has 4 rings (SSSR count). The first-order valence-corrected chi connectivity index (χ1v) is 12.3. The maximum atomic E-state index is 13.3. The molecule has 0 spiro atoms. The number of hydrogen-bond acceptors (Lipinski definition) is 4. The third kappa shape index (κ3) is 5.54. The van der Waals surface area contributed by atoms with Gasteiger partial charge in [0.15, 0.2) is 0 Å². The zero-order chi connectivity index (χ0) is 25.9. The molecule has 0 aliphatic carbocycles. The van der Waals surface area contributed by atoms with Crippen LogP contribution in [0.25, 0.3) is 16.5 Å². The average molecular weight is 487 g/mol. The molecular formula is C30H34N2O4. The van der Waals surface area contributed by atoms with Gasteiger partial charge in [0.1, 0.15) is 12.2 Å². The summed E-state index contributed by atoms with van der Waals surface area (Å²) in [6, 6.07) is 19.5. The molecule has 0 radical (unpaired) electrons. The molecule has 3 aromatic rings. The summed E-state index contributed by atoms with van der Waals surface area (Å²) in [7, 11) is 0. The van der Waals surface area contributed by atoms with E-state index in [1.807, 2.05) is 101 Å². The van der Waals surface area contributed by atoms with Gasteiger partial charge in [0.05, 0.1) is 11.2 Å². The number of likely N-dealkylation sites (tertiary alicyclic amines) is 1. The van der Waals surface area contributed by atoms with Crippen molar-refractivity contribution in [2.24, 2.45) is 0 Å². The predicted octanol–water partition coefficient (Wildman–Crippen LogP) is 7.19. The molecule has 1 saturated heterocycles. The fourth-order valence-electron chi connectivity index (χ4n) is 4.54. The molecule has 1 aliphatic heterocycles. The van der Waals surface area contributed by atoms with Crippen LogP contribution in [-0.2, 0) is 16.1 Å². The summed E-state index contributed by atoms with van der Waals surface area (Å²) in [5, 5.41) is 0.974. The van der Waals surface area contributed by atoms with Crippen LogP contribution in [0.5, 0.6) is 0 Å². The van der Waals surface area contributed by atoms with Crippen LogP contribution in [0, 0.1) is 0 Å². The summed E-state index contributed by atoms with van der Waals surface area (Å²) in [6.07, 6.45) is 1.98. The second kappa shape index (κ2) is 10.4. The van der Waals surface area contributed by atoms with E-state index in [1.54, 1.807) is 9.47 Å². The third-order valence-corrected chi connectivity index (χ3v) is 6.32. The van der Waals surface area contributed by atoms with Crippen LogP contribution in [0.3, 0.4) is 0 Å². The summed E-state index contributed by atoms with van der Waals surface area (Å²) >= 11 is 0. The molecular weight excluding hydrogens is 452 g/mol. The monoisotopic (exact) mass is 486 g/mol. The lowest BCUT2D eigenvalue weighted by molar-refractivity contribution is 0.0543. The third-order valence-electron chi connectivity index (χ3n) is 6.32. The molecule has 2 heterocycles. The van der Waals surface area contributed by atoms with Crippen LogP contribution in [-0.4, -0.2) is 40.3 Å². The predicted molar refractivity (Wildman–Crippen MR) is 143 cm³/mol. The molecule has 2 aromatic carbocycles. The topological polar surface area (TPSA) is 60.8 Å². The van der Waals surface area contributed by atoms with E-state index < -0.39 is 11.7 Å². The van der Waals surface area contributed by atoms with E-state index in [2.05, 4.69) is 0 Å². The van der Waals surface area contributed by atoms with E-state index in [4.69, 9.17) is 9.47 Å². The number of hydrogen-bond donors (Lipinski definition) is 0. The zero-order valence-corrected chi connectivity index (χ0v) is 21.7. The van der Waals surface area contributed by atoms with Gasteiger partial charge in [0.2, 0.25) is 0 Å². The van der Waals surface area contributed by atoms with Crippen molar-refractivity contribution in [2.75, 3.05) is 13.1 Å². The fourth-order valence-corrected chi connectivity index (χ4v) is 4.54. The van der Waals surface area contributed by atoms with Crippen molar-refractivity contribution in [1.29, 1.82) is 0 Å². The maximum Gasteiger partial charge on any atom is 0.419 e. The molecule has 0 atom stereocenters. The minimum Gasteiger partial charge on any atom is -0.445 e. The highest BCUT2D eigenvalue weighted by Crippen LogP contribution is 2.34. The van der Waals surface area contributed by atoms with Gasteiger partial charge in [0, 0.05) is 18.5 Å². The molecule has 1 aromatic heterocycles. The Hall–Kier alpha value is -3.80. The Bertz CT molecular complexity index is 1330. The smallest absolute Gasteiger partial charge is 0.419 e. The number of allylic oxidation sites excluding steroid dienone is 2. The van der Waals surface area contributed by atoms with Gasteiger partial charge in [0.25, 0.3) is 0 Å². The highest BCUT2D eigenvalue weighted by atomic mass is 16.6. The van der Waals surface area contributed by atoms with E-state index in [9.17, 15) is 9.59 Å². The highest BCUT2D eigenvalue weighted by Gasteiger charge is 2.28. The molecule has 1 fully saturated rings. The normalized spacial score (nSPS) is 16.8. The van der Waals surface area contributed by atoms with Crippen LogP contribution in [0.15, 0.2) is 77.9 Å².